The first-order chi connectivity index (χ1) is 14.2. The highest BCUT2D eigenvalue weighted by atomic mass is 79.9. The van der Waals surface area contributed by atoms with Gasteiger partial charge in [-0.1, -0.05) is 58.4 Å². The molecular weight excluding hydrogens is 426 g/mol. The van der Waals surface area contributed by atoms with E-state index in [2.05, 4.69) is 34.1 Å². The first-order valence-corrected chi connectivity index (χ1v) is 10.2. The smallest absolute Gasteiger partial charge is 0.262 e. The molecule has 5 heteroatoms. The van der Waals surface area contributed by atoms with Crippen LogP contribution in [-0.2, 0) is 6.54 Å². The fourth-order valence-electron chi connectivity index (χ4n) is 4.20. The molecule has 2 aromatic heterocycles. The monoisotopic (exact) mass is 439 g/mol. The van der Waals surface area contributed by atoms with E-state index in [1.165, 1.54) is 0 Å². The first-order valence-electron chi connectivity index (χ1n) is 9.38. The number of nitrogens with zero attached hydrogens (tertiary/aromatic N) is 3. The predicted octanol–water partition coefficient (Wildman–Crippen LogP) is 5.40. The summed E-state index contributed by atoms with van der Waals surface area (Å²) < 4.78 is 2.75. The minimum Gasteiger partial charge on any atom is -0.286 e. The molecule has 0 atom stereocenters. The van der Waals surface area contributed by atoms with Crippen LogP contribution < -0.4 is 5.56 Å². The van der Waals surface area contributed by atoms with E-state index in [1.807, 2.05) is 54.6 Å². The molecule has 5 aromatic rings. The highest BCUT2D eigenvalue weighted by molar-refractivity contribution is 9.10. The Morgan fingerprint density at radius 3 is 2.45 bits per heavy atom. The average Bonchev–Trinajstić information content (AvgIpc) is 3.11. The number of fused-ring (bicyclic) bond motifs is 5. The van der Waals surface area contributed by atoms with Gasteiger partial charge in [0.05, 0.1) is 23.0 Å². The SMILES string of the molecule is O=c1c2ccccc2nc2n1Cc1c-2nc2ccc(Br)cc2c1-c1ccccc1. The summed E-state index contributed by atoms with van der Waals surface area (Å²) in [6, 6.07) is 23.9. The maximum Gasteiger partial charge on any atom is 0.262 e. The van der Waals surface area contributed by atoms with Crippen LogP contribution >= 0.6 is 15.9 Å². The van der Waals surface area contributed by atoms with Crippen LogP contribution in [0, 0.1) is 0 Å². The number of rotatable bonds is 1. The summed E-state index contributed by atoms with van der Waals surface area (Å²) in [4.78, 5) is 22.9. The molecule has 0 amide bonds. The van der Waals surface area contributed by atoms with Gasteiger partial charge in [-0.3, -0.25) is 9.36 Å². The first kappa shape index (κ1) is 16.6. The Morgan fingerprint density at radius 1 is 0.828 bits per heavy atom. The van der Waals surface area contributed by atoms with E-state index in [0.29, 0.717) is 23.3 Å². The lowest BCUT2D eigenvalue weighted by Crippen LogP contribution is -2.20. The van der Waals surface area contributed by atoms with Gasteiger partial charge in [0, 0.05) is 15.4 Å². The molecule has 1 aliphatic rings. The van der Waals surface area contributed by atoms with Gasteiger partial charge in [-0.2, -0.15) is 0 Å². The molecule has 0 unspecified atom stereocenters. The van der Waals surface area contributed by atoms with E-state index in [1.54, 1.807) is 4.57 Å². The second kappa shape index (κ2) is 6.09. The minimum absolute atomic E-state index is 0.0205. The van der Waals surface area contributed by atoms with Crippen LogP contribution in [0.25, 0.3) is 44.5 Å². The van der Waals surface area contributed by atoms with Gasteiger partial charge >= 0.3 is 0 Å². The lowest BCUT2D eigenvalue weighted by molar-refractivity contribution is 0.798. The van der Waals surface area contributed by atoms with Crippen molar-refractivity contribution in [1.29, 1.82) is 0 Å². The van der Waals surface area contributed by atoms with Crippen LogP contribution in [0.2, 0.25) is 0 Å². The number of hydrogen-bond acceptors (Lipinski definition) is 3. The van der Waals surface area contributed by atoms with Gasteiger partial charge in [0.15, 0.2) is 5.82 Å². The summed E-state index contributed by atoms with van der Waals surface area (Å²) in [6.45, 7) is 0.473. The summed E-state index contributed by atoms with van der Waals surface area (Å²) in [6.07, 6.45) is 0. The Kier molecular flexibility index (Phi) is 3.49. The van der Waals surface area contributed by atoms with Gasteiger partial charge in [0.1, 0.15) is 5.69 Å². The number of benzene rings is 3. The lowest BCUT2D eigenvalue weighted by Gasteiger charge is -2.12. The highest BCUT2D eigenvalue weighted by Crippen LogP contribution is 2.40. The van der Waals surface area contributed by atoms with E-state index in [9.17, 15) is 4.79 Å². The van der Waals surface area contributed by atoms with Crippen LogP contribution in [0.4, 0.5) is 0 Å². The molecule has 3 heterocycles. The third-order valence-electron chi connectivity index (χ3n) is 5.50. The number of para-hydroxylation sites is 1. The second-order valence-electron chi connectivity index (χ2n) is 7.19. The Morgan fingerprint density at radius 2 is 1.59 bits per heavy atom. The van der Waals surface area contributed by atoms with Crippen molar-refractivity contribution in [2.45, 2.75) is 6.54 Å². The van der Waals surface area contributed by atoms with E-state index in [-0.39, 0.29) is 5.56 Å². The van der Waals surface area contributed by atoms with Crippen LogP contribution in [-0.4, -0.2) is 14.5 Å². The zero-order valence-corrected chi connectivity index (χ0v) is 16.8. The third-order valence-corrected chi connectivity index (χ3v) is 5.99. The van der Waals surface area contributed by atoms with Gasteiger partial charge in [0.2, 0.25) is 0 Å². The van der Waals surface area contributed by atoms with E-state index in [4.69, 9.17) is 9.97 Å². The molecule has 6 rings (SSSR count). The molecule has 1 aliphatic heterocycles. The molecule has 29 heavy (non-hydrogen) atoms. The molecular formula is C24H14BrN3O. The molecule has 0 radical (unpaired) electrons. The quantitative estimate of drug-likeness (QED) is 0.344. The van der Waals surface area contributed by atoms with E-state index in [0.717, 1.165) is 37.8 Å². The molecule has 0 N–H and O–H groups in total. The fraction of sp³-hybridized carbons (Fsp3) is 0.0417. The fourth-order valence-corrected chi connectivity index (χ4v) is 4.56. The number of hydrogen-bond donors (Lipinski definition) is 0. The summed E-state index contributed by atoms with van der Waals surface area (Å²) in [7, 11) is 0. The Balaban J connectivity index is 1.76. The zero-order chi connectivity index (χ0) is 19.5. The molecule has 0 saturated heterocycles. The van der Waals surface area contributed by atoms with Crippen LogP contribution in [0.1, 0.15) is 5.56 Å². The highest BCUT2D eigenvalue weighted by Gasteiger charge is 2.28. The van der Waals surface area contributed by atoms with Crippen molar-refractivity contribution in [2.75, 3.05) is 0 Å². The number of pyridine rings is 1. The van der Waals surface area contributed by atoms with Crippen molar-refractivity contribution >= 4 is 37.7 Å². The normalized spacial score (nSPS) is 12.3. The summed E-state index contributed by atoms with van der Waals surface area (Å²) in [5.74, 6) is 0.644. The average molecular weight is 440 g/mol. The largest absolute Gasteiger partial charge is 0.286 e. The summed E-state index contributed by atoms with van der Waals surface area (Å²) in [5, 5.41) is 1.70. The topological polar surface area (TPSA) is 47.8 Å². The molecule has 0 bridgehead atoms. The van der Waals surface area contributed by atoms with Gasteiger partial charge < -0.3 is 0 Å². The summed E-state index contributed by atoms with van der Waals surface area (Å²) >= 11 is 3.59. The van der Waals surface area contributed by atoms with Crippen molar-refractivity contribution in [2.24, 2.45) is 0 Å². The van der Waals surface area contributed by atoms with Crippen molar-refractivity contribution in [3.05, 3.63) is 93.2 Å². The number of halogens is 1. The molecule has 3 aromatic carbocycles. The van der Waals surface area contributed by atoms with Crippen LogP contribution in [0.5, 0.6) is 0 Å². The molecule has 4 nitrogen and oxygen atoms in total. The van der Waals surface area contributed by atoms with Crippen molar-refractivity contribution in [1.82, 2.24) is 14.5 Å². The third kappa shape index (κ3) is 2.41. The molecule has 138 valence electrons. The zero-order valence-electron chi connectivity index (χ0n) is 15.3. The predicted molar refractivity (Wildman–Crippen MR) is 119 cm³/mol. The molecule has 0 saturated carbocycles. The van der Waals surface area contributed by atoms with Gasteiger partial charge in [0.25, 0.3) is 5.56 Å². The maximum atomic E-state index is 13.2. The van der Waals surface area contributed by atoms with E-state index >= 15 is 0 Å². The van der Waals surface area contributed by atoms with Gasteiger partial charge in [-0.25, -0.2) is 9.97 Å². The standard InChI is InChI=1S/C24H14BrN3O/c25-15-10-11-20-17(12-15)21(14-6-2-1-3-7-14)18-13-28-23(22(18)26-20)27-19-9-5-4-8-16(19)24(28)29/h1-12H,13H2. The van der Waals surface area contributed by atoms with Crippen molar-refractivity contribution in [3.63, 3.8) is 0 Å². The van der Waals surface area contributed by atoms with Crippen molar-refractivity contribution < 1.29 is 0 Å². The lowest BCUT2D eigenvalue weighted by atomic mass is 9.95. The van der Waals surface area contributed by atoms with Crippen LogP contribution in [0.3, 0.4) is 0 Å². The van der Waals surface area contributed by atoms with Gasteiger partial charge in [-0.15, -0.1) is 0 Å². The maximum absolute atomic E-state index is 13.2. The minimum atomic E-state index is -0.0205. The second-order valence-corrected chi connectivity index (χ2v) is 8.10. The van der Waals surface area contributed by atoms with Crippen LogP contribution in [0.15, 0.2) is 82.1 Å². The number of aromatic nitrogens is 3. The Hall–Kier alpha value is -3.31. The Bertz CT molecular complexity index is 1510. The van der Waals surface area contributed by atoms with Crippen molar-refractivity contribution in [3.8, 4) is 22.6 Å². The van der Waals surface area contributed by atoms with Gasteiger partial charge in [-0.05, 0) is 41.5 Å². The van der Waals surface area contributed by atoms with E-state index < -0.39 is 0 Å². The molecule has 0 aliphatic carbocycles. The summed E-state index contributed by atoms with van der Waals surface area (Å²) in [5.41, 5.74) is 5.63. The molecule has 0 spiro atoms. The Labute approximate surface area is 174 Å². The molecule has 0 fully saturated rings.